The van der Waals surface area contributed by atoms with Crippen molar-refractivity contribution in [1.29, 1.82) is 0 Å². The van der Waals surface area contributed by atoms with E-state index in [0.717, 1.165) is 24.1 Å². The molecule has 0 aromatic heterocycles. The first-order valence-corrected chi connectivity index (χ1v) is 10.5. The van der Waals surface area contributed by atoms with Crippen LogP contribution < -0.4 is 0 Å². The third-order valence-electron chi connectivity index (χ3n) is 4.26. The smallest absolute Gasteiger partial charge is 0.243 e. The summed E-state index contributed by atoms with van der Waals surface area (Å²) in [6.07, 6.45) is 4.24. The molecule has 25 heavy (non-hydrogen) atoms. The lowest BCUT2D eigenvalue weighted by Crippen LogP contribution is -2.48. The van der Waals surface area contributed by atoms with E-state index in [-0.39, 0.29) is 0 Å². The summed E-state index contributed by atoms with van der Waals surface area (Å²) < 4.78 is 27.8. The predicted octanol–water partition coefficient (Wildman–Crippen LogP) is 3.47. The summed E-state index contributed by atoms with van der Waals surface area (Å²) in [7, 11) is -3.40. The molecule has 0 bridgehead atoms. The fraction of sp³-hybridized carbons (Fsp3) is 0.263. The quantitative estimate of drug-likeness (QED) is 0.743. The maximum absolute atomic E-state index is 12.7. The van der Waals surface area contributed by atoms with Gasteiger partial charge in [-0.2, -0.15) is 4.31 Å². The van der Waals surface area contributed by atoms with Crippen molar-refractivity contribution in [2.45, 2.75) is 4.90 Å². The van der Waals surface area contributed by atoms with Gasteiger partial charge in [-0.1, -0.05) is 58.4 Å². The molecular weight excluding hydrogens is 400 g/mol. The van der Waals surface area contributed by atoms with Crippen LogP contribution in [0.5, 0.6) is 0 Å². The van der Waals surface area contributed by atoms with Crippen molar-refractivity contribution in [2.75, 3.05) is 32.7 Å². The largest absolute Gasteiger partial charge is 0.297 e. The third-order valence-corrected chi connectivity index (χ3v) is 6.70. The van der Waals surface area contributed by atoms with Gasteiger partial charge in [0.2, 0.25) is 10.0 Å². The Balaban J connectivity index is 1.54. The zero-order valence-electron chi connectivity index (χ0n) is 13.9. The zero-order valence-corrected chi connectivity index (χ0v) is 16.3. The Kier molecular flexibility index (Phi) is 6.06. The van der Waals surface area contributed by atoms with Gasteiger partial charge in [0, 0.05) is 37.2 Å². The number of sulfonamides is 1. The molecule has 2 aromatic carbocycles. The van der Waals surface area contributed by atoms with Gasteiger partial charge in [-0.15, -0.1) is 0 Å². The Bertz CT molecular complexity index is 812. The van der Waals surface area contributed by atoms with Gasteiger partial charge >= 0.3 is 0 Å². The number of hydrogen-bond acceptors (Lipinski definition) is 3. The van der Waals surface area contributed by atoms with E-state index < -0.39 is 10.0 Å². The van der Waals surface area contributed by atoms with Crippen LogP contribution in [0, 0.1) is 0 Å². The minimum absolute atomic E-state index is 0.355. The lowest BCUT2D eigenvalue weighted by molar-refractivity contribution is 0.204. The van der Waals surface area contributed by atoms with E-state index in [9.17, 15) is 8.42 Å². The molecule has 0 radical (unpaired) electrons. The Morgan fingerprint density at radius 3 is 2.20 bits per heavy atom. The van der Waals surface area contributed by atoms with Crippen molar-refractivity contribution >= 4 is 32.0 Å². The van der Waals surface area contributed by atoms with Gasteiger partial charge in [-0.3, -0.25) is 4.90 Å². The molecular formula is C19H21BrN2O2S. The van der Waals surface area contributed by atoms with Crippen molar-refractivity contribution in [3.63, 3.8) is 0 Å². The molecule has 0 spiro atoms. The van der Waals surface area contributed by atoms with E-state index >= 15 is 0 Å². The van der Waals surface area contributed by atoms with E-state index in [1.165, 1.54) is 5.56 Å². The second-order valence-electron chi connectivity index (χ2n) is 5.97. The topological polar surface area (TPSA) is 40.6 Å². The molecule has 1 aliphatic rings. The first-order chi connectivity index (χ1) is 12.1. The number of piperazine rings is 1. The van der Waals surface area contributed by atoms with Crippen LogP contribution in [0.2, 0.25) is 0 Å². The monoisotopic (exact) mass is 420 g/mol. The summed E-state index contributed by atoms with van der Waals surface area (Å²) in [5.74, 6) is 0. The molecule has 0 saturated carbocycles. The van der Waals surface area contributed by atoms with E-state index in [2.05, 4.69) is 45.1 Å². The maximum Gasteiger partial charge on any atom is 0.243 e. The summed E-state index contributed by atoms with van der Waals surface area (Å²) >= 11 is 3.34. The first kappa shape index (κ1) is 18.3. The molecule has 1 saturated heterocycles. The van der Waals surface area contributed by atoms with Crippen LogP contribution in [0.4, 0.5) is 0 Å². The summed E-state index contributed by atoms with van der Waals surface area (Å²) in [6.45, 7) is 3.37. The number of hydrogen-bond donors (Lipinski definition) is 0. The van der Waals surface area contributed by atoms with Gasteiger partial charge in [0.25, 0.3) is 0 Å². The molecule has 0 atom stereocenters. The van der Waals surface area contributed by atoms with E-state index in [4.69, 9.17) is 0 Å². The molecule has 0 N–H and O–H groups in total. The fourth-order valence-electron chi connectivity index (χ4n) is 2.81. The highest BCUT2D eigenvalue weighted by molar-refractivity contribution is 9.10. The molecule has 1 heterocycles. The summed E-state index contributed by atoms with van der Waals surface area (Å²) in [4.78, 5) is 2.63. The second-order valence-corrected chi connectivity index (χ2v) is 8.83. The van der Waals surface area contributed by atoms with Crippen LogP contribution in [-0.2, 0) is 10.0 Å². The van der Waals surface area contributed by atoms with Gasteiger partial charge in [0.15, 0.2) is 0 Å². The van der Waals surface area contributed by atoms with Crippen LogP contribution in [0.3, 0.4) is 0 Å². The molecule has 6 heteroatoms. The van der Waals surface area contributed by atoms with Crippen LogP contribution in [0.1, 0.15) is 5.56 Å². The van der Waals surface area contributed by atoms with Crippen LogP contribution in [0.25, 0.3) is 6.08 Å². The molecule has 1 aliphatic heterocycles. The second kappa shape index (κ2) is 8.27. The average Bonchev–Trinajstić information content (AvgIpc) is 2.63. The Morgan fingerprint density at radius 1 is 0.920 bits per heavy atom. The van der Waals surface area contributed by atoms with Crippen molar-refractivity contribution in [1.82, 2.24) is 9.21 Å². The molecule has 0 unspecified atom stereocenters. The Morgan fingerprint density at radius 2 is 1.56 bits per heavy atom. The van der Waals surface area contributed by atoms with Crippen LogP contribution >= 0.6 is 15.9 Å². The van der Waals surface area contributed by atoms with Gasteiger partial charge in [-0.05, 0) is 29.8 Å². The van der Waals surface area contributed by atoms with Gasteiger partial charge in [-0.25, -0.2) is 8.42 Å². The van der Waals surface area contributed by atoms with Gasteiger partial charge < -0.3 is 0 Å². The van der Waals surface area contributed by atoms with Crippen molar-refractivity contribution in [3.05, 3.63) is 70.7 Å². The highest BCUT2D eigenvalue weighted by atomic mass is 79.9. The zero-order chi connectivity index (χ0) is 17.7. The standard InChI is InChI=1S/C19H21BrN2O2S/c20-18-8-10-19(11-9-18)25(23,24)22-15-13-21(14-16-22)12-4-7-17-5-2-1-3-6-17/h1-11H,12-16H2. The highest BCUT2D eigenvalue weighted by Gasteiger charge is 2.27. The summed E-state index contributed by atoms with van der Waals surface area (Å²) in [6, 6.07) is 17.0. The molecule has 2 aromatic rings. The Hall–Kier alpha value is -1.47. The van der Waals surface area contributed by atoms with Crippen molar-refractivity contribution in [2.24, 2.45) is 0 Å². The number of nitrogens with zero attached hydrogens (tertiary/aromatic N) is 2. The molecule has 0 amide bonds. The van der Waals surface area contributed by atoms with Crippen LogP contribution in [-0.4, -0.2) is 50.3 Å². The van der Waals surface area contributed by atoms with Gasteiger partial charge in [0.1, 0.15) is 0 Å². The van der Waals surface area contributed by atoms with Gasteiger partial charge in [0.05, 0.1) is 4.90 Å². The summed E-state index contributed by atoms with van der Waals surface area (Å²) in [5.41, 5.74) is 1.18. The average molecular weight is 421 g/mol. The first-order valence-electron chi connectivity index (χ1n) is 8.25. The minimum atomic E-state index is -3.40. The molecule has 132 valence electrons. The predicted molar refractivity (Wildman–Crippen MR) is 105 cm³/mol. The maximum atomic E-state index is 12.7. The molecule has 3 rings (SSSR count). The number of benzene rings is 2. The van der Waals surface area contributed by atoms with Crippen molar-refractivity contribution in [3.8, 4) is 0 Å². The third kappa shape index (κ3) is 4.79. The van der Waals surface area contributed by atoms with E-state index in [1.807, 2.05) is 18.2 Å². The lowest BCUT2D eigenvalue weighted by Gasteiger charge is -2.33. The lowest BCUT2D eigenvalue weighted by atomic mass is 10.2. The molecule has 4 nitrogen and oxygen atoms in total. The minimum Gasteiger partial charge on any atom is -0.297 e. The SMILES string of the molecule is O=S(=O)(c1ccc(Br)cc1)N1CCN(CC=Cc2ccccc2)CC1. The van der Waals surface area contributed by atoms with Crippen LogP contribution in [0.15, 0.2) is 70.0 Å². The normalized spacial score (nSPS) is 17.2. The molecule has 1 fully saturated rings. The molecule has 0 aliphatic carbocycles. The fourth-order valence-corrected chi connectivity index (χ4v) is 4.50. The van der Waals surface area contributed by atoms with E-state index in [1.54, 1.807) is 28.6 Å². The number of rotatable bonds is 5. The number of halogens is 1. The Labute approximate surface area is 157 Å². The van der Waals surface area contributed by atoms with E-state index in [0.29, 0.717) is 18.0 Å². The highest BCUT2D eigenvalue weighted by Crippen LogP contribution is 2.20. The summed E-state index contributed by atoms with van der Waals surface area (Å²) in [5, 5.41) is 0. The van der Waals surface area contributed by atoms with Crippen molar-refractivity contribution < 1.29 is 8.42 Å².